The molecule has 0 bridgehead atoms. The van der Waals surface area contributed by atoms with E-state index in [9.17, 15) is 9.90 Å². The van der Waals surface area contributed by atoms with Gasteiger partial charge in [-0.3, -0.25) is 10.3 Å². The smallest absolute Gasteiger partial charge is 0.411 e. The molecule has 8 nitrogen and oxygen atoms in total. The normalized spacial score (nSPS) is 16.8. The number of ether oxygens (including phenoxy) is 1. The van der Waals surface area contributed by atoms with Gasteiger partial charge < -0.3 is 20.6 Å². The number of amides is 1. The van der Waals surface area contributed by atoms with E-state index in [4.69, 9.17) is 17.3 Å². The second kappa shape index (κ2) is 8.48. The number of aromatic nitrogens is 3. The highest BCUT2D eigenvalue weighted by molar-refractivity contribution is 6.31. The molecule has 1 atom stereocenters. The van der Waals surface area contributed by atoms with Gasteiger partial charge in [-0.25, -0.2) is 9.78 Å². The van der Waals surface area contributed by atoms with Crippen molar-refractivity contribution in [1.82, 2.24) is 15.0 Å². The van der Waals surface area contributed by atoms with Gasteiger partial charge in [-0.05, 0) is 66.9 Å². The lowest BCUT2D eigenvalue weighted by atomic mass is 9.96. The predicted octanol–water partition coefficient (Wildman–Crippen LogP) is 4.73. The first-order chi connectivity index (χ1) is 16.4. The number of hydrogen-bond donors (Lipinski definition) is 4. The summed E-state index contributed by atoms with van der Waals surface area (Å²) >= 11 is 6.15. The van der Waals surface area contributed by atoms with E-state index in [0.29, 0.717) is 46.5 Å². The summed E-state index contributed by atoms with van der Waals surface area (Å²) in [6.45, 7) is 0. The molecule has 5 rings (SSSR count). The topological polar surface area (TPSA) is 126 Å². The van der Waals surface area contributed by atoms with Gasteiger partial charge in [0.05, 0.1) is 24.7 Å². The Morgan fingerprint density at radius 2 is 1.94 bits per heavy atom. The summed E-state index contributed by atoms with van der Waals surface area (Å²) in [6.07, 6.45) is 3.95. The Hall–Kier alpha value is -3.88. The molecule has 34 heavy (non-hydrogen) atoms. The summed E-state index contributed by atoms with van der Waals surface area (Å²) in [5.74, 6) is 0.602. The molecule has 2 aromatic heterocycles. The van der Waals surface area contributed by atoms with Crippen LogP contribution in [0.1, 0.15) is 23.4 Å². The molecule has 1 aliphatic rings. The quantitative estimate of drug-likeness (QED) is 0.316. The van der Waals surface area contributed by atoms with Gasteiger partial charge in [0.25, 0.3) is 0 Å². The van der Waals surface area contributed by atoms with Crippen molar-refractivity contribution in [2.75, 3.05) is 18.2 Å². The number of nitrogen functional groups attached to an aromatic ring is 1. The number of methoxy groups -OCH3 is 1. The number of imidazole rings is 1. The van der Waals surface area contributed by atoms with Crippen molar-refractivity contribution in [2.45, 2.75) is 18.4 Å². The molecule has 0 aliphatic heterocycles. The summed E-state index contributed by atoms with van der Waals surface area (Å²) in [5.41, 5.74) is 10.7. The molecule has 0 radical (unpaired) electrons. The number of pyridine rings is 1. The first-order valence-corrected chi connectivity index (χ1v) is 11.0. The monoisotopic (exact) mass is 475 g/mol. The Kier molecular flexibility index (Phi) is 5.47. The minimum absolute atomic E-state index is 0.480. The van der Waals surface area contributed by atoms with Crippen LogP contribution in [0.5, 0.6) is 0 Å². The zero-order chi connectivity index (χ0) is 23.9. The van der Waals surface area contributed by atoms with E-state index in [1.165, 1.54) is 7.11 Å². The van der Waals surface area contributed by atoms with Crippen molar-refractivity contribution < 1.29 is 14.6 Å². The van der Waals surface area contributed by atoms with Crippen LogP contribution in [0.4, 0.5) is 16.2 Å². The highest BCUT2D eigenvalue weighted by Gasteiger charge is 2.41. The SMILES string of the molecule is COC(=O)Nc1ccc(-c2ncc(C3(O)CCc4cc(-c5cc(Cl)ccc5N)cnc43)[nH]2)cc1. The molecule has 0 saturated carbocycles. The fourth-order valence-electron chi connectivity index (χ4n) is 4.25. The molecule has 172 valence electrons. The van der Waals surface area contributed by atoms with Gasteiger partial charge in [0.1, 0.15) is 11.4 Å². The third-order valence-electron chi connectivity index (χ3n) is 6.05. The van der Waals surface area contributed by atoms with Gasteiger partial charge in [-0.2, -0.15) is 0 Å². The van der Waals surface area contributed by atoms with Crippen LogP contribution in [0.15, 0.2) is 60.9 Å². The lowest BCUT2D eigenvalue weighted by Gasteiger charge is -2.21. The van der Waals surface area contributed by atoms with Gasteiger partial charge >= 0.3 is 6.09 Å². The summed E-state index contributed by atoms with van der Waals surface area (Å²) < 4.78 is 4.60. The van der Waals surface area contributed by atoms with E-state index < -0.39 is 11.7 Å². The third-order valence-corrected chi connectivity index (χ3v) is 6.29. The first kappa shape index (κ1) is 21.9. The maximum absolute atomic E-state index is 11.6. The number of nitrogens with two attached hydrogens (primary N) is 1. The first-order valence-electron chi connectivity index (χ1n) is 10.7. The van der Waals surface area contributed by atoms with Crippen LogP contribution in [-0.4, -0.2) is 33.3 Å². The molecule has 1 aliphatic carbocycles. The highest BCUT2D eigenvalue weighted by atomic mass is 35.5. The van der Waals surface area contributed by atoms with Gasteiger partial charge in [0.15, 0.2) is 0 Å². The minimum Gasteiger partial charge on any atom is -0.453 e. The number of nitrogens with zero attached hydrogens (tertiary/aromatic N) is 2. The lowest BCUT2D eigenvalue weighted by molar-refractivity contribution is 0.0747. The van der Waals surface area contributed by atoms with Crippen molar-refractivity contribution in [1.29, 1.82) is 0 Å². The number of H-pyrrole nitrogens is 1. The largest absolute Gasteiger partial charge is 0.453 e. The Bertz CT molecular complexity index is 1390. The molecule has 4 aromatic rings. The third kappa shape index (κ3) is 3.87. The van der Waals surface area contributed by atoms with E-state index in [0.717, 1.165) is 22.3 Å². The zero-order valence-electron chi connectivity index (χ0n) is 18.3. The van der Waals surface area contributed by atoms with E-state index in [1.54, 1.807) is 36.7 Å². The van der Waals surface area contributed by atoms with Crippen molar-refractivity contribution in [3.63, 3.8) is 0 Å². The molecule has 9 heteroatoms. The highest BCUT2D eigenvalue weighted by Crippen LogP contribution is 2.42. The number of carbonyl (C=O) groups excluding carboxylic acids is 1. The van der Waals surface area contributed by atoms with Crippen LogP contribution in [-0.2, 0) is 16.8 Å². The molecule has 2 aromatic carbocycles. The summed E-state index contributed by atoms with van der Waals surface area (Å²) in [4.78, 5) is 23.7. The number of benzene rings is 2. The number of fused-ring (bicyclic) bond motifs is 1. The second-order valence-corrected chi connectivity index (χ2v) is 8.60. The number of halogens is 1. The van der Waals surface area contributed by atoms with Gasteiger partial charge in [-0.1, -0.05) is 11.6 Å². The standard InChI is InChI=1S/C25H22ClN5O3/c1-34-24(32)30-18-5-2-14(3-6-18)23-29-13-21(31-23)25(33)9-8-15-10-16(12-28-22(15)25)19-11-17(26)4-7-20(19)27/h2-7,10-13,33H,8-9,27H2,1H3,(H,29,31)(H,30,32). The van der Waals surface area contributed by atoms with Crippen molar-refractivity contribution in [2.24, 2.45) is 0 Å². The summed E-state index contributed by atoms with van der Waals surface area (Å²) in [5, 5.41) is 14.8. The molecule has 2 heterocycles. The molecule has 1 amide bonds. The van der Waals surface area contributed by atoms with E-state index >= 15 is 0 Å². The van der Waals surface area contributed by atoms with E-state index in [1.807, 2.05) is 24.3 Å². The van der Waals surface area contributed by atoms with Crippen molar-refractivity contribution in [3.05, 3.63) is 82.9 Å². The molecule has 0 saturated heterocycles. The van der Waals surface area contributed by atoms with Gasteiger partial charge in [0, 0.05) is 39.3 Å². The number of rotatable bonds is 4. The zero-order valence-corrected chi connectivity index (χ0v) is 19.1. The maximum atomic E-state index is 11.6. The van der Waals surface area contributed by atoms with Gasteiger partial charge in [-0.15, -0.1) is 0 Å². The molecule has 0 spiro atoms. The number of aromatic amines is 1. The van der Waals surface area contributed by atoms with Crippen LogP contribution >= 0.6 is 11.6 Å². The second-order valence-electron chi connectivity index (χ2n) is 8.16. The summed E-state index contributed by atoms with van der Waals surface area (Å²) in [7, 11) is 1.31. The Balaban J connectivity index is 1.42. The molecule has 0 fully saturated rings. The Morgan fingerprint density at radius 3 is 2.71 bits per heavy atom. The number of carbonyl (C=O) groups is 1. The van der Waals surface area contributed by atoms with Crippen LogP contribution in [0.3, 0.4) is 0 Å². The molecular formula is C25H22ClN5O3. The Labute approximate surface area is 200 Å². The van der Waals surface area contributed by atoms with Crippen molar-refractivity contribution in [3.8, 4) is 22.5 Å². The number of aliphatic hydroxyl groups is 1. The van der Waals surface area contributed by atoms with Crippen LogP contribution in [0.25, 0.3) is 22.5 Å². The minimum atomic E-state index is -1.27. The van der Waals surface area contributed by atoms with Crippen molar-refractivity contribution >= 4 is 29.1 Å². The van der Waals surface area contributed by atoms with Crippen LogP contribution in [0, 0.1) is 0 Å². The molecular weight excluding hydrogens is 454 g/mol. The number of hydrogen-bond acceptors (Lipinski definition) is 6. The number of aryl methyl sites for hydroxylation is 1. The average Bonchev–Trinajstić information content (AvgIpc) is 3.47. The van der Waals surface area contributed by atoms with E-state index in [2.05, 4.69) is 25.0 Å². The molecule has 5 N–H and O–H groups in total. The average molecular weight is 476 g/mol. The fourth-order valence-corrected chi connectivity index (χ4v) is 4.43. The number of anilines is 2. The van der Waals surface area contributed by atoms with Crippen LogP contribution < -0.4 is 11.1 Å². The fraction of sp³-hybridized carbons (Fsp3) is 0.160. The number of nitrogens with one attached hydrogen (secondary N) is 2. The predicted molar refractivity (Wildman–Crippen MR) is 130 cm³/mol. The van der Waals surface area contributed by atoms with E-state index in [-0.39, 0.29) is 0 Å². The van der Waals surface area contributed by atoms with Crippen LogP contribution in [0.2, 0.25) is 5.02 Å². The Morgan fingerprint density at radius 1 is 1.15 bits per heavy atom. The van der Waals surface area contributed by atoms with Gasteiger partial charge in [0.2, 0.25) is 0 Å². The molecule has 1 unspecified atom stereocenters. The lowest BCUT2D eigenvalue weighted by Crippen LogP contribution is -2.25. The summed E-state index contributed by atoms with van der Waals surface area (Å²) in [6, 6.07) is 14.5. The maximum Gasteiger partial charge on any atom is 0.411 e.